The average Bonchev–Trinajstić information content (AvgIpc) is 2.84. The summed E-state index contributed by atoms with van der Waals surface area (Å²) < 4.78 is 1.13. The van der Waals surface area contributed by atoms with Gasteiger partial charge >= 0.3 is 0 Å². The van der Waals surface area contributed by atoms with Gasteiger partial charge in [-0.15, -0.1) is 0 Å². The molecule has 1 saturated carbocycles. The highest BCUT2D eigenvalue weighted by Gasteiger charge is 2.21. The Morgan fingerprint density at radius 3 is 2.44 bits per heavy atom. The van der Waals surface area contributed by atoms with E-state index in [2.05, 4.69) is 47.1 Å². The second kappa shape index (κ2) is 6.97. The highest BCUT2D eigenvalue weighted by molar-refractivity contribution is 9.10. The summed E-state index contributed by atoms with van der Waals surface area (Å²) in [5, 5.41) is 0.429. The minimum atomic E-state index is 0.206. The fourth-order valence-corrected chi connectivity index (χ4v) is 4.35. The Hall–Kier alpha value is 0.01000. The first kappa shape index (κ1) is 14.4. The zero-order valence-corrected chi connectivity index (χ0v) is 13.3. The Balaban J connectivity index is 1.96. The van der Waals surface area contributed by atoms with Crippen molar-refractivity contribution in [3.8, 4) is 0 Å². The van der Waals surface area contributed by atoms with Crippen molar-refractivity contribution in [2.45, 2.75) is 43.9 Å². The topological polar surface area (TPSA) is 26.0 Å². The Bertz CT molecular complexity index is 357. The first-order valence-corrected chi connectivity index (χ1v) is 8.63. The first-order chi connectivity index (χ1) is 8.66. The van der Waals surface area contributed by atoms with Crippen LogP contribution in [0.2, 0.25) is 0 Å². The van der Waals surface area contributed by atoms with Crippen LogP contribution in [0.15, 0.2) is 28.7 Å². The second-order valence-electron chi connectivity index (χ2n) is 5.32. The highest BCUT2D eigenvalue weighted by atomic mass is 79.9. The lowest BCUT2D eigenvalue weighted by molar-refractivity contribution is 0.618. The molecule has 0 radical (unpaired) electrons. The molecule has 18 heavy (non-hydrogen) atoms. The molecule has 1 aromatic carbocycles. The molecule has 0 bridgehead atoms. The van der Waals surface area contributed by atoms with E-state index in [0.717, 1.165) is 10.4 Å². The van der Waals surface area contributed by atoms with Gasteiger partial charge in [-0.2, -0.15) is 11.8 Å². The fraction of sp³-hybridized carbons (Fsp3) is 0.600. The largest absolute Gasteiger partial charge is 0.327 e. The molecule has 100 valence electrons. The summed E-state index contributed by atoms with van der Waals surface area (Å²) in [6.07, 6.45) is 5.68. The van der Waals surface area contributed by atoms with E-state index in [9.17, 15) is 0 Å². The van der Waals surface area contributed by atoms with Crippen LogP contribution in [0.25, 0.3) is 0 Å². The van der Waals surface area contributed by atoms with Crippen molar-refractivity contribution in [1.29, 1.82) is 0 Å². The molecule has 1 aliphatic rings. The van der Waals surface area contributed by atoms with Gasteiger partial charge in [0.25, 0.3) is 0 Å². The summed E-state index contributed by atoms with van der Waals surface area (Å²) in [5.41, 5.74) is 7.52. The van der Waals surface area contributed by atoms with E-state index in [1.807, 2.05) is 11.8 Å². The molecule has 2 unspecified atom stereocenters. The van der Waals surface area contributed by atoms with Gasteiger partial charge in [0.1, 0.15) is 0 Å². The summed E-state index contributed by atoms with van der Waals surface area (Å²) in [5.74, 6) is 2.19. The van der Waals surface area contributed by atoms with Crippen molar-refractivity contribution in [1.82, 2.24) is 0 Å². The van der Waals surface area contributed by atoms with Crippen molar-refractivity contribution >= 4 is 27.7 Å². The molecule has 0 spiro atoms. The molecule has 0 aliphatic heterocycles. The SMILES string of the molecule is CC(N)C(SCC1CCCC1)c1ccc(Br)cc1. The van der Waals surface area contributed by atoms with Crippen LogP contribution in [0.3, 0.4) is 0 Å². The van der Waals surface area contributed by atoms with Crippen molar-refractivity contribution < 1.29 is 0 Å². The van der Waals surface area contributed by atoms with Crippen LogP contribution in [-0.4, -0.2) is 11.8 Å². The maximum Gasteiger partial charge on any atom is 0.0445 e. The third-order valence-electron chi connectivity index (χ3n) is 3.66. The van der Waals surface area contributed by atoms with Crippen molar-refractivity contribution in [2.24, 2.45) is 11.7 Å². The lowest BCUT2D eigenvalue weighted by Crippen LogP contribution is -2.23. The van der Waals surface area contributed by atoms with Crippen LogP contribution in [0.4, 0.5) is 0 Å². The third kappa shape index (κ3) is 4.01. The van der Waals surface area contributed by atoms with E-state index in [1.54, 1.807) is 0 Å². The van der Waals surface area contributed by atoms with Gasteiger partial charge in [-0.25, -0.2) is 0 Å². The van der Waals surface area contributed by atoms with E-state index in [4.69, 9.17) is 5.73 Å². The predicted octanol–water partition coefficient (Wildman–Crippen LogP) is 4.76. The second-order valence-corrected chi connectivity index (χ2v) is 7.41. The van der Waals surface area contributed by atoms with Gasteiger partial charge in [-0.1, -0.05) is 40.9 Å². The predicted molar refractivity (Wildman–Crippen MR) is 84.9 cm³/mol. The smallest absolute Gasteiger partial charge is 0.0445 e. The Labute approximate surface area is 123 Å². The quantitative estimate of drug-likeness (QED) is 0.843. The van der Waals surface area contributed by atoms with E-state index in [-0.39, 0.29) is 6.04 Å². The molecule has 1 aromatic rings. The van der Waals surface area contributed by atoms with Gasteiger partial charge in [0.15, 0.2) is 0 Å². The standard InChI is InChI=1S/C15H22BrNS/c1-11(17)15(13-6-8-14(16)9-7-13)18-10-12-4-2-3-5-12/h6-9,11-12,15H,2-5,10,17H2,1H3. The molecule has 0 amide bonds. The lowest BCUT2D eigenvalue weighted by atomic mass is 10.1. The van der Waals surface area contributed by atoms with E-state index < -0.39 is 0 Å². The maximum atomic E-state index is 6.16. The number of thioether (sulfide) groups is 1. The zero-order chi connectivity index (χ0) is 13.0. The van der Waals surface area contributed by atoms with Crippen LogP contribution < -0.4 is 5.73 Å². The monoisotopic (exact) mass is 327 g/mol. The number of rotatable bonds is 5. The first-order valence-electron chi connectivity index (χ1n) is 6.79. The van der Waals surface area contributed by atoms with Gasteiger partial charge in [0, 0.05) is 15.8 Å². The van der Waals surface area contributed by atoms with Gasteiger partial charge in [-0.05, 0) is 49.1 Å². The molecule has 2 atom stereocenters. The minimum Gasteiger partial charge on any atom is -0.327 e. The number of benzene rings is 1. The van der Waals surface area contributed by atoms with Gasteiger partial charge in [0.2, 0.25) is 0 Å². The van der Waals surface area contributed by atoms with Crippen molar-refractivity contribution in [3.63, 3.8) is 0 Å². The molecule has 0 aromatic heterocycles. The number of nitrogens with two attached hydrogens (primary N) is 1. The van der Waals surface area contributed by atoms with Gasteiger partial charge < -0.3 is 5.73 Å². The van der Waals surface area contributed by atoms with Crippen molar-refractivity contribution in [2.75, 3.05) is 5.75 Å². The third-order valence-corrected chi connectivity index (χ3v) is 5.92. The number of hydrogen-bond donors (Lipinski definition) is 1. The zero-order valence-electron chi connectivity index (χ0n) is 10.9. The molecule has 1 aliphatic carbocycles. The molecular formula is C15H22BrNS. The Kier molecular flexibility index (Phi) is 5.58. The minimum absolute atomic E-state index is 0.206. The molecule has 1 fully saturated rings. The maximum absolute atomic E-state index is 6.16. The van der Waals surface area contributed by atoms with E-state index >= 15 is 0 Å². The van der Waals surface area contributed by atoms with E-state index in [0.29, 0.717) is 5.25 Å². The molecule has 1 nitrogen and oxygen atoms in total. The van der Waals surface area contributed by atoms with Gasteiger partial charge in [0.05, 0.1) is 0 Å². The normalized spacial score (nSPS) is 19.9. The summed E-state index contributed by atoms with van der Waals surface area (Å²) in [7, 11) is 0. The van der Waals surface area contributed by atoms with Crippen LogP contribution >= 0.6 is 27.7 Å². The van der Waals surface area contributed by atoms with Crippen LogP contribution in [-0.2, 0) is 0 Å². The molecule has 2 N–H and O–H groups in total. The molecule has 2 rings (SSSR count). The Morgan fingerprint density at radius 2 is 1.89 bits per heavy atom. The summed E-state index contributed by atoms with van der Waals surface area (Å²) in [4.78, 5) is 0. The van der Waals surface area contributed by atoms with Crippen LogP contribution in [0.5, 0.6) is 0 Å². The summed E-state index contributed by atoms with van der Waals surface area (Å²) >= 11 is 5.53. The van der Waals surface area contributed by atoms with Gasteiger partial charge in [-0.3, -0.25) is 0 Å². The van der Waals surface area contributed by atoms with Crippen LogP contribution in [0.1, 0.15) is 43.4 Å². The average molecular weight is 328 g/mol. The molecule has 0 heterocycles. The summed E-state index contributed by atoms with van der Waals surface area (Å²) in [6, 6.07) is 8.82. The molecular weight excluding hydrogens is 306 g/mol. The molecule has 3 heteroatoms. The van der Waals surface area contributed by atoms with Crippen molar-refractivity contribution in [3.05, 3.63) is 34.3 Å². The van der Waals surface area contributed by atoms with Crippen LogP contribution in [0, 0.1) is 5.92 Å². The lowest BCUT2D eigenvalue weighted by Gasteiger charge is -2.22. The summed E-state index contributed by atoms with van der Waals surface area (Å²) in [6.45, 7) is 2.12. The highest BCUT2D eigenvalue weighted by Crippen LogP contribution is 2.36. The number of halogens is 1. The molecule has 0 saturated heterocycles. The fourth-order valence-electron chi connectivity index (χ4n) is 2.62. The Morgan fingerprint density at radius 1 is 1.28 bits per heavy atom. The number of hydrogen-bond acceptors (Lipinski definition) is 2. The van der Waals surface area contributed by atoms with E-state index in [1.165, 1.54) is 37.0 Å².